The topological polar surface area (TPSA) is 43.8 Å². The molecular weight excluding hydrogens is 228 g/mol. The summed E-state index contributed by atoms with van der Waals surface area (Å²) in [6.45, 7) is 9.22. The van der Waals surface area contributed by atoms with E-state index in [2.05, 4.69) is 23.6 Å². The minimum atomic E-state index is -0.642. The van der Waals surface area contributed by atoms with Crippen LogP contribution in [0.2, 0.25) is 0 Å². The minimum absolute atomic E-state index is 0.263. The summed E-state index contributed by atoms with van der Waals surface area (Å²) in [5.41, 5.74) is 0. The van der Waals surface area contributed by atoms with Crippen molar-refractivity contribution >= 4 is 5.97 Å². The van der Waals surface area contributed by atoms with Crippen molar-refractivity contribution in [3.63, 3.8) is 0 Å². The summed E-state index contributed by atoms with van der Waals surface area (Å²) in [6.07, 6.45) is 5.44. The molecule has 18 heavy (non-hydrogen) atoms. The van der Waals surface area contributed by atoms with E-state index in [1.807, 2.05) is 0 Å². The lowest BCUT2D eigenvalue weighted by Crippen LogP contribution is -2.46. The minimum Gasteiger partial charge on any atom is -0.480 e. The van der Waals surface area contributed by atoms with Gasteiger partial charge in [-0.05, 0) is 32.5 Å². The van der Waals surface area contributed by atoms with Crippen molar-refractivity contribution < 1.29 is 9.90 Å². The third-order valence-electron chi connectivity index (χ3n) is 4.00. The fourth-order valence-corrected chi connectivity index (χ4v) is 2.70. The molecule has 1 atom stereocenters. The molecular formula is C14H28N2O2. The van der Waals surface area contributed by atoms with Crippen LogP contribution in [-0.2, 0) is 4.79 Å². The number of rotatable bonds is 6. The third-order valence-corrected chi connectivity index (χ3v) is 4.00. The SMILES string of the molecule is CCN(CC)CCN1CCCCCCC1C(=O)O. The van der Waals surface area contributed by atoms with Crippen molar-refractivity contribution in [2.24, 2.45) is 0 Å². The number of aliphatic carboxylic acids is 1. The molecule has 0 saturated carbocycles. The standard InChI is InChI=1S/C14H28N2O2/c1-3-15(4-2)11-12-16-10-8-6-5-7-9-13(16)14(17)18/h13H,3-12H2,1-2H3,(H,17,18). The molecule has 4 nitrogen and oxygen atoms in total. The van der Waals surface area contributed by atoms with Crippen LogP contribution in [0.1, 0.15) is 46.0 Å². The number of carbonyl (C=O) groups is 1. The Labute approximate surface area is 111 Å². The van der Waals surface area contributed by atoms with Crippen LogP contribution in [0, 0.1) is 0 Å². The Kier molecular flexibility index (Phi) is 7.28. The summed E-state index contributed by atoms with van der Waals surface area (Å²) in [4.78, 5) is 15.9. The van der Waals surface area contributed by atoms with Gasteiger partial charge in [-0.25, -0.2) is 0 Å². The number of hydrogen-bond acceptors (Lipinski definition) is 3. The maximum atomic E-state index is 11.4. The van der Waals surface area contributed by atoms with E-state index < -0.39 is 5.97 Å². The highest BCUT2D eigenvalue weighted by molar-refractivity contribution is 5.73. The second-order valence-corrected chi connectivity index (χ2v) is 5.12. The molecule has 1 saturated heterocycles. The smallest absolute Gasteiger partial charge is 0.320 e. The zero-order chi connectivity index (χ0) is 13.4. The Balaban J connectivity index is 2.52. The van der Waals surface area contributed by atoms with Gasteiger partial charge in [0.1, 0.15) is 6.04 Å². The molecule has 0 aromatic carbocycles. The van der Waals surface area contributed by atoms with Crippen molar-refractivity contribution in [1.82, 2.24) is 9.80 Å². The summed E-state index contributed by atoms with van der Waals surface area (Å²) in [6, 6.07) is -0.263. The molecule has 1 fully saturated rings. The molecule has 1 N–H and O–H groups in total. The van der Waals surface area contributed by atoms with E-state index >= 15 is 0 Å². The van der Waals surface area contributed by atoms with Crippen LogP contribution in [0.3, 0.4) is 0 Å². The molecule has 1 aliphatic rings. The number of hydrogen-bond donors (Lipinski definition) is 1. The molecule has 0 aromatic heterocycles. The van der Waals surface area contributed by atoms with Crippen molar-refractivity contribution in [3.8, 4) is 0 Å². The number of carboxylic acid groups (broad SMARTS) is 1. The summed E-state index contributed by atoms with van der Waals surface area (Å²) >= 11 is 0. The summed E-state index contributed by atoms with van der Waals surface area (Å²) in [7, 11) is 0. The first-order chi connectivity index (χ1) is 8.69. The molecule has 1 unspecified atom stereocenters. The molecule has 1 rings (SSSR count). The molecule has 0 aromatic rings. The monoisotopic (exact) mass is 256 g/mol. The lowest BCUT2D eigenvalue weighted by Gasteiger charge is -2.32. The molecule has 1 heterocycles. The predicted octanol–water partition coefficient (Wildman–Crippen LogP) is 2.05. The molecule has 4 heteroatoms. The van der Waals surface area contributed by atoms with Crippen LogP contribution in [0.4, 0.5) is 0 Å². The maximum Gasteiger partial charge on any atom is 0.320 e. The average Bonchev–Trinajstić information content (AvgIpc) is 2.32. The zero-order valence-electron chi connectivity index (χ0n) is 11.9. The molecule has 0 spiro atoms. The average molecular weight is 256 g/mol. The van der Waals surface area contributed by atoms with Gasteiger partial charge in [-0.15, -0.1) is 0 Å². The summed E-state index contributed by atoms with van der Waals surface area (Å²) in [5, 5.41) is 9.35. The van der Waals surface area contributed by atoms with Gasteiger partial charge in [-0.2, -0.15) is 0 Å². The first kappa shape index (κ1) is 15.4. The van der Waals surface area contributed by atoms with E-state index in [9.17, 15) is 9.90 Å². The van der Waals surface area contributed by atoms with Gasteiger partial charge in [0.15, 0.2) is 0 Å². The Bertz CT molecular complexity index is 242. The Morgan fingerprint density at radius 1 is 1.22 bits per heavy atom. The van der Waals surface area contributed by atoms with Gasteiger partial charge in [0.25, 0.3) is 0 Å². The van der Waals surface area contributed by atoms with E-state index in [4.69, 9.17) is 0 Å². The van der Waals surface area contributed by atoms with Crippen LogP contribution in [0.5, 0.6) is 0 Å². The predicted molar refractivity (Wildman–Crippen MR) is 73.9 cm³/mol. The van der Waals surface area contributed by atoms with E-state index in [0.29, 0.717) is 0 Å². The highest BCUT2D eigenvalue weighted by Gasteiger charge is 2.26. The van der Waals surface area contributed by atoms with Crippen LogP contribution < -0.4 is 0 Å². The van der Waals surface area contributed by atoms with E-state index in [1.165, 1.54) is 12.8 Å². The lowest BCUT2D eigenvalue weighted by molar-refractivity contribution is -0.144. The molecule has 0 amide bonds. The second-order valence-electron chi connectivity index (χ2n) is 5.12. The Morgan fingerprint density at radius 3 is 2.50 bits per heavy atom. The number of likely N-dealkylation sites (N-methyl/N-ethyl adjacent to an activating group) is 1. The van der Waals surface area contributed by atoms with Crippen molar-refractivity contribution in [2.45, 2.75) is 52.0 Å². The van der Waals surface area contributed by atoms with Gasteiger partial charge in [0, 0.05) is 13.1 Å². The van der Waals surface area contributed by atoms with Gasteiger partial charge in [0.05, 0.1) is 0 Å². The fraction of sp³-hybridized carbons (Fsp3) is 0.929. The van der Waals surface area contributed by atoms with Gasteiger partial charge in [-0.1, -0.05) is 33.1 Å². The van der Waals surface area contributed by atoms with Gasteiger partial charge >= 0.3 is 5.97 Å². The molecule has 1 aliphatic heterocycles. The molecule has 0 radical (unpaired) electrons. The van der Waals surface area contributed by atoms with Crippen molar-refractivity contribution in [1.29, 1.82) is 0 Å². The number of nitrogens with zero attached hydrogens (tertiary/aromatic N) is 2. The maximum absolute atomic E-state index is 11.4. The molecule has 0 bridgehead atoms. The first-order valence-electron chi connectivity index (χ1n) is 7.38. The van der Waals surface area contributed by atoms with E-state index in [1.54, 1.807) is 0 Å². The zero-order valence-corrected chi connectivity index (χ0v) is 11.9. The Hall–Kier alpha value is -0.610. The highest BCUT2D eigenvalue weighted by Crippen LogP contribution is 2.16. The highest BCUT2D eigenvalue weighted by atomic mass is 16.4. The largest absolute Gasteiger partial charge is 0.480 e. The lowest BCUT2D eigenvalue weighted by atomic mass is 10.0. The van der Waals surface area contributed by atoms with Gasteiger partial charge in [0.2, 0.25) is 0 Å². The van der Waals surface area contributed by atoms with Crippen LogP contribution in [-0.4, -0.2) is 59.6 Å². The number of likely N-dealkylation sites (tertiary alicyclic amines) is 1. The summed E-state index contributed by atoms with van der Waals surface area (Å²) in [5.74, 6) is -0.642. The molecule has 0 aliphatic carbocycles. The third kappa shape index (κ3) is 4.94. The second kappa shape index (κ2) is 8.48. The van der Waals surface area contributed by atoms with Gasteiger partial charge in [-0.3, -0.25) is 9.69 Å². The van der Waals surface area contributed by atoms with Crippen LogP contribution in [0.15, 0.2) is 0 Å². The normalized spacial score (nSPS) is 22.7. The van der Waals surface area contributed by atoms with Crippen LogP contribution in [0.25, 0.3) is 0 Å². The van der Waals surface area contributed by atoms with E-state index in [-0.39, 0.29) is 6.04 Å². The molecule has 106 valence electrons. The Morgan fingerprint density at radius 2 is 1.89 bits per heavy atom. The van der Waals surface area contributed by atoms with Gasteiger partial charge < -0.3 is 10.0 Å². The quantitative estimate of drug-likeness (QED) is 0.790. The fourth-order valence-electron chi connectivity index (χ4n) is 2.70. The van der Waals surface area contributed by atoms with Crippen molar-refractivity contribution in [3.05, 3.63) is 0 Å². The summed E-state index contributed by atoms with van der Waals surface area (Å²) < 4.78 is 0. The number of carboxylic acids is 1. The van der Waals surface area contributed by atoms with Crippen LogP contribution >= 0.6 is 0 Å². The first-order valence-corrected chi connectivity index (χ1v) is 7.38. The van der Waals surface area contributed by atoms with Crippen molar-refractivity contribution in [2.75, 3.05) is 32.7 Å². The van der Waals surface area contributed by atoms with E-state index in [0.717, 1.165) is 52.0 Å².